The number of pyridine rings is 4. The third kappa shape index (κ3) is 32.0. The molecule has 0 spiro atoms. The summed E-state index contributed by atoms with van der Waals surface area (Å²) < 4.78 is 49.9. The first-order chi connectivity index (χ1) is 55.5. The molecule has 0 atom stereocenters. The van der Waals surface area contributed by atoms with Gasteiger partial charge in [0.15, 0.2) is 0 Å². The van der Waals surface area contributed by atoms with Gasteiger partial charge in [-0.05, 0) is 191 Å². The predicted octanol–water partition coefficient (Wildman–Crippen LogP) is 17.4. The second kappa shape index (κ2) is 50.7. The smallest absolute Gasteiger partial charge is 0.328 e. The lowest BCUT2D eigenvalue weighted by molar-refractivity contribution is -0.131. The van der Waals surface area contributed by atoms with E-state index in [0.717, 1.165) is 40.3 Å². The van der Waals surface area contributed by atoms with E-state index in [0.29, 0.717) is 148 Å². The van der Waals surface area contributed by atoms with Crippen molar-refractivity contribution in [3.8, 4) is 41.2 Å². The van der Waals surface area contributed by atoms with Gasteiger partial charge in [0.05, 0.1) is 102 Å². The molecule has 7 N–H and O–H groups in total. The van der Waals surface area contributed by atoms with Gasteiger partial charge in [0, 0.05) is 115 Å². The van der Waals surface area contributed by atoms with Gasteiger partial charge < -0.3 is 70.7 Å². The molecule has 0 saturated heterocycles. The number of ether oxygens (including phenoxy) is 4. The number of nitriles is 3. The number of carboxylic acid groups (broad SMARTS) is 1. The van der Waals surface area contributed by atoms with Crippen molar-refractivity contribution in [2.75, 3.05) is 129 Å². The Hall–Kier alpha value is -11.8. The number of carbonyl (C=O) groups is 4. The van der Waals surface area contributed by atoms with Gasteiger partial charge in [-0.1, -0.05) is 71.2 Å². The molecule has 10 rings (SSSR count). The number of halogens is 8. The number of aromatic nitrogens is 4. The fourth-order valence-electron chi connectivity index (χ4n) is 10.3. The number of likely N-dealkylation sites (N-methyl/N-ethyl adjacent to an activating group) is 4. The summed E-state index contributed by atoms with van der Waals surface area (Å²) in [5.74, 6) is -0.557. The SMILES string of the molecule is CCOc1cc2ncc(C#N)c(Cc3ccc(OCc4ccccn4)c(Cl)c3)c2cc1N.CCOc1cc2ncc(C#N)c(Nc3ccc(F)c(Cl)c3)c2cc1NC(=O)/C=C/CN(C)C.CCOc1cc2ncc(C#N)c(Nc3ccc(F)c(Cl)c3)c2cc1NC(=O)/C=C/CN(C)C.CN(C)C/C=C/C(=O)Cl.CN(C)C/C=C/C(=O)O.Cl.Cl. The van der Waals surface area contributed by atoms with E-state index in [-0.39, 0.29) is 57.8 Å². The average molecular weight is 1730 g/mol. The molecule has 0 saturated carbocycles. The molecule has 0 aliphatic heterocycles. The molecule has 118 heavy (non-hydrogen) atoms. The molecule has 0 aliphatic carbocycles. The number of rotatable bonds is 29. The first-order valence-electron chi connectivity index (χ1n) is 35.8. The fourth-order valence-corrected chi connectivity index (χ4v) is 11.0. The van der Waals surface area contributed by atoms with Crippen LogP contribution in [0.4, 0.5) is 48.6 Å². The Morgan fingerprint density at radius 1 is 0.508 bits per heavy atom. The van der Waals surface area contributed by atoms with E-state index >= 15 is 0 Å². The Morgan fingerprint density at radius 2 is 0.941 bits per heavy atom. The number of carboxylic acids is 1. The molecule has 0 fully saturated rings. The summed E-state index contributed by atoms with van der Waals surface area (Å²) in [6, 6.07) is 36.5. The summed E-state index contributed by atoms with van der Waals surface area (Å²) in [5.41, 5.74) is 14.9. The number of hydrogen-bond donors (Lipinski definition) is 6. The molecule has 620 valence electrons. The molecule has 4 aromatic heterocycles. The van der Waals surface area contributed by atoms with E-state index in [1.54, 1.807) is 67.0 Å². The van der Waals surface area contributed by atoms with E-state index in [9.17, 15) is 43.7 Å². The number of nitrogens with two attached hydrogens (primary N) is 1. The molecule has 4 heterocycles. The van der Waals surface area contributed by atoms with Crippen LogP contribution in [0.5, 0.6) is 23.0 Å². The average Bonchev–Trinajstić information content (AvgIpc) is 0.781. The first-order valence-corrected chi connectivity index (χ1v) is 37.3. The van der Waals surface area contributed by atoms with Crippen LogP contribution in [-0.2, 0) is 32.2 Å². The highest BCUT2D eigenvalue weighted by atomic mass is 35.5. The highest BCUT2D eigenvalue weighted by molar-refractivity contribution is 6.66. The topological polar surface area (TPSA) is 335 Å². The summed E-state index contributed by atoms with van der Waals surface area (Å²) in [6.45, 7) is 9.84. The summed E-state index contributed by atoms with van der Waals surface area (Å²) in [6.07, 6.45) is 18.9. The van der Waals surface area contributed by atoms with Gasteiger partial charge in [-0.25, -0.2) is 13.6 Å². The molecule has 33 heteroatoms. The van der Waals surface area contributed by atoms with E-state index in [1.165, 1.54) is 67.0 Å². The second-order valence-electron chi connectivity index (χ2n) is 25.9. The van der Waals surface area contributed by atoms with Gasteiger partial charge in [-0.15, -0.1) is 24.8 Å². The number of carbonyl (C=O) groups excluding carboxylic acids is 3. The molecular weight excluding hydrogens is 1640 g/mol. The van der Waals surface area contributed by atoms with Crippen LogP contribution < -0.4 is 45.9 Å². The van der Waals surface area contributed by atoms with Crippen LogP contribution in [0.3, 0.4) is 0 Å². The predicted molar refractivity (Wildman–Crippen MR) is 471 cm³/mol. The quantitative estimate of drug-likeness (QED) is 0.0144. The maximum atomic E-state index is 13.6. The van der Waals surface area contributed by atoms with Gasteiger partial charge in [0.2, 0.25) is 17.1 Å². The van der Waals surface area contributed by atoms with Crippen LogP contribution in [0.2, 0.25) is 15.1 Å². The number of allylic oxidation sites excluding steroid dienone is 1. The van der Waals surface area contributed by atoms with E-state index in [1.807, 2.05) is 139 Å². The van der Waals surface area contributed by atoms with Crippen molar-refractivity contribution < 1.29 is 52.0 Å². The zero-order valence-corrected chi connectivity index (χ0v) is 71.1. The van der Waals surface area contributed by atoms with Crippen LogP contribution in [0.15, 0.2) is 183 Å². The Bertz CT molecular complexity index is 5130. The summed E-state index contributed by atoms with van der Waals surface area (Å²) in [4.78, 5) is 69.9. The highest BCUT2D eigenvalue weighted by Crippen LogP contribution is 2.40. The third-order valence-corrected chi connectivity index (χ3v) is 16.6. The lowest BCUT2D eigenvalue weighted by Gasteiger charge is -2.16. The summed E-state index contributed by atoms with van der Waals surface area (Å²) in [5, 5.41) is 50.9. The number of nitrogen functional groups attached to an aromatic ring is 1. The number of benzene rings is 6. The maximum absolute atomic E-state index is 13.6. The highest BCUT2D eigenvalue weighted by Gasteiger charge is 2.20. The first kappa shape index (κ1) is 98.6. The fraction of sp³-hybridized carbons (Fsp3) is 0.235. The zero-order chi connectivity index (χ0) is 85.0. The molecule has 2 amide bonds. The molecule has 10 aromatic rings. The van der Waals surface area contributed by atoms with Crippen molar-refractivity contribution in [2.24, 2.45) is 0 Å². The van der Waals surface area contributed by atoms with Crippen LogP contribution in [0.25, 0.3) is 32.7 Å². The van der Waals surface area contributed by atoms with Crippen molar-refractivity contribution >= 4 is 167 Å². The number of fused-ring (bicyclic) bond motifs is 3. The zero-order valence-electron chi connectivity index (χ0n) is 66.5. The van der Waals surface area contributed by atoms with Crippen LogP contribution in [0, 0.1) is 45.6 Å². The molecular formula is C85H90Cl6F2N16O9. The van der Waals surface area contributed by atoms with Gasteiger partial charge >= 0.3 is 5.97 Å². The molecule has 0 aliphatic rings. The number of aliphatic carboxylic acids is 1. The minimum atomic E-state index is -0.892. The Morgan fingerprint density at radius 3 is 1.35 bits per heavy atom. The van der Waals surface area contributed by atoms with Crippen LogP contribution in [0.1, 0.15) is 54.3 Å². The standard InChI is InChI=1S/C25H21ClN4O2.2C24H23ClFN5O2.C6H10ClNO.C6H11NO2.2ClH/c1-2-31-25-12-23-20(11-22(25)28)19(17(13-27)14-30-23)9-16-6-7-24(21(26)10-16)32-15-18-5-3-4-8-29-18;2*1-4-33-22-12-20-17(11-21(22)30-23(32)6-5-9-31(2)3)24(15(13-27)14-28-20)29-16-7-8-19(26)18(25)10-16;1-8(2)5-3-4-6(7)9;1-7(2)5-3-4-6(8)9;;/h3-8,10-12,14H,2,9,15,28H2,1H3;2*5-8,10-12,14H,4,9H2,1-3H3,(H,28,29)(H,30,32);3-4H,5H2,1-2H3;3-4H,5H2,1-2H3,(H,8,9);2*1H/b;2*6-5+;2*4-3+;;. The number of nitrogens with one attached hydrogen (secondary N) is 4. The van der Waals surface area contributed by atoms with Gasteiger partial charge in [0.25, 0.3) is 0 Å². The molecule has 0 radical (unpaired) electrons. The van der Waals surface area contributed by atoms with Gasteiger partial charge in [-0.2, -0.15) is 15.8 Å². The Labute approximate surface area is 716 Å². The summed E-state index contributed by atoms with van der Waals surface area (Å²) in [7, 11) is 15.2. The molecule has 0 bridgehead atoms. The molecule has 25 nitrogen and oxygen atoms in total. The minimum Gasteiger partial charge on any atom is -0.492 e. The van der Waals surface area contributed by atoms with Gasteiger partial charge in [0.1, 0.15) is 59.4 Å². The Balaban J connectivity index is 0.000000333. The van der Waals surface area contributed by atoms with Crippen molar-refractivity contribution in [2.45, 2.75) is 33.8 Å². The lowest BCUT2D eigenvalue weighted by atomic mass is 9.96. The largest absolute Gasteiger partial charge is 0.492 e. The second-order valence-corrected chi connectivity index (χ2v) is 27.4. The van der Waals surface area contributed by atoms with Crippen molar-refractivity contribution in [3.05, 3.63) is 243 Å². The van der Waals surface area contributed by atoms with Crippen molar-refractivity contribution in [3.63, 3.8) is 0 Å². The van der Waals surface area contributed by atoms with Crippen molar-refractivity contribution in [1.82, 2.24) is 39.5 Å². The Kier molecular flexibility index (Phi) is 42.3. The van der Waals surface area contributed by atoms with Crippen LogP contribution in [-0.4, -0.2) is 170 Å². The molecule has 6 aromatic carbocycles. The van der Waals surface area contributed by atoms with Crippen LogP contribution >= 0.6 is 71.2 Å². The summed E-state index contributed by atoms with van der Waals surface area (Å²) >= 11 is 23.3. The molecule has 0 unspecified atom stereocenters. The van der Waals surface area contributed by atoms with E-state index < -0.39 is 22.8 Å². The maximum Gasteiger partial charge on any atom is 0.328 e. The van der Waals surface area contributed by atoms with E-state index in [4.69, 9.17) is 76.2 Å². The number of anilines is 7. The monoisotopic (exact) mass is 1730 g/mol. The number of nitrogens with zero attached hydrogens (tertiary/aromatic N) is 11. The van der Waals surface area contributed by atoms with Crippen molar-refractivity contribution in [1.29, 1.82) is 15.8 Å². The minimum absolute atomic E-state index is 0. The number of amides is 2. The normalized spacial score (nSPS) is 10.8. The lowest BCUT2D eigenvalue weighted by Crippen LogP contribution is -2.13. The van der Waals surface area contributed by atoms with E-state index in [2.05, 4.69) is 59.4 Å². The number of hydrogen-bond acceptors (Lipinski definition) is 22. The third-order valence-electron chi connectivity index (χ3n) is 15.6. The van der Waals surface area contributed by atoms with Gasteiger partial charge in [-0.3, -0.25) is 34.3 Å².